The minimum Gasteiger partial charge on any atom is -0.458 e. The molecule has 16 rings (SSSR count). The van der Waals surface area contributed by atoms with Gasteiger partial charge in [0.25, 0.3) is 6.71 Å². The monoisotopic (exact) mass is 1200 g/mol. The Morgan fingerprint density at radius 1 is 0.344 bits per heavy atom. The topological polar surface area (TPSA) is 17.4 Å². The van der Waals surface area contributed by atoms with Crippen LogP contribution in [0.15, 0.2) is 261 Å². The Morgan fingerprint density at radius 3 is 1.41 bits per heavy atom. The van der Waals surface area contributed by atoms with Gasteiger partial charge in [-0.1, -0.05) is 277 Å². The van der Waals surface area contributed by atoms with E-state index in [0.29, 0.717) is 0 Å². The summed E-state index contributed by atoms with van der Waals surface area (Å²) in [6.45, 7) is 27.8. The quantitative estimate of drug-likeness (QED) is 0.148. The molecule has 93 heavy (non-hydrogen) atoms. The third-order valence-corrected chi connectivity index (χ3v) is 20.5. The lowest BCUT2D eigenvalue weighted by atomic mass is 9.34. The number of nitrogens with zero attached hydrogens (tertiary/aromatic N) is 2. The van der Waals surface area contributed by atoms with Crippen molar-refractivity contribution < 1.29 is 4.74 Å². The molecule has 2 aliphatic heterocycles. The zero-order valence-electron chi connectivity index (χ0n) is 55.7. The Kier molecular flexibility index (Phi) is 13.2. The van der Waals surface area contributed by atoms with Crippen molar-refractivity contribution in [3.8, 4) is 61.7 Å². The predicted molar refractivity (Wildman–Crippen MR) is 395 cm³/mol. The van der Waals surface area contributed by atoms with Gasteiger partial charge in [0, 0.05) is 39.0 Å². The van der Waals surface area contributed by atoms with Gasteiger partial charge in [-0.05, 0) is 183 Å². The number of ether oxygens (including phenoxy) is 1. The van der Waals surface area contributed by atoms with Gasteiger partial charge >= 0.3 is 0 Å². The van der Waals surface area contributed by atoms with Crippen LogP contribution in [0.4, 0.5) is 17.1 Å². The fraction of sp³-hybridized carbons (Fsp3) is 0.191. The van der Waals surface area contributed by atoms with E-state index < -0.39 is 5.41 Å². The molecular formula is C89H79BN2O. The lowest BCUT2D eigenvalue weighted by Gasteiger charge is -2.43. The second-order valence-electron chi connectivity index (χ2n) is 30.5. The van der Waals surface area contributed by atoms with Crippen LogP contribution in [-0.2, 0) is 27.1 Å². The largest absolute Gasteiger partial charge is 0.458 e. The van der Waals surface area contributed by atoms with Crippen LogP contribution < -0.4 is 26.0 Å². The van der Waals surface area contributed by atoms with E-state index in [9.17, 15) is 0 Å². The average Bonchev–Trinajstić information content (AvgIpc) is 1.67. The summed E-state index contributed by atoms with van der Waals surface area (Å²) >= 11 is 0. The van der Waals surface area contributed by atoms with Gasteiger partial charge in [0.1, 0.15) is 11.5 Å². The highest BCUT2D eigenvalue weighted by molar-refractivity contribution is 6.99. The first-order chi connectivity index (χ1) is 44.7. The molecule has 0 unspecified atom stereocenters. The summed E-state index contributed by atoms with van der Waals surface area (Å²) in [6.07, 6.45) is 0. The normalized spacial score (nSPS) is 13.9. The molecule has 0 saturated carbocycles. The molecule has 0 atom stereocenters. The van der Waals surface area contributed by atoms with E-state index in [0.717, 1.165) is 56.4 Å². The van der Waals surface area contributed by atoms with Crippen LogP contribution in [-0.4, -0.2) is 11.3 Å². The number of hydrogen-bond acceptors (Lipinski definition) is 2. The number of aromatic nitrogens is 1. The van der Waals surface area contributed by atoms with Crippen LogP contribution in [0, 0.1) is 0 Å². The summed E-state index contributed by atoms with van der Waals surface area (Å²) in [4.78, 5) is 2.66. The average molecular weight is 1200 g/mol. The molecule has 0 bridgehead atoms. The lowest BCUT2D eigenvalue weighted by molar-refractivity contribution is 0.483. The number of anilines is 3. The van der Waals surface area contributed by atoms with Crippen LogP contribution in [0.3, 0.4) is 0 Å². The Morgan fingerprint density at radius 2 is 0.849 bits per heavy atom. The van der Waals surface area contributed by atoms with Gasteiger partial charge in [-0.2, -0.15) is 0 Å². The van der Waals surface area contributed by atoms with Crippen molar-refractivity contribution >= 4 is 62.0 Å². The highest BCUT2D eigenvalue weighted by Gasteiger charge is 2.49. The highest BCUT2D eigenvalue weighted by Crippen LogP contribution is 2.59. The fourth-order valence-corrected chi connectivity index (χ4v) is 15.7. The first-order valence-corrected chi connectivity index (χ1v) is 33.3. The van der Waals surface area contributed by atoms with Crippen molar-refractivity contribution in [3.63, 3.8) is 0 Å². The number of benzene rings is 12. The standard InChI is InChI=1S/C89H79BN2O/c1-85(2,3)61-41-45-76-71(49-61)72-50-62(86(4,5)6)42-46-77(72)91(76)65-43-44-74-78(55-65)92(84-69(56-28-17-13-18-29-56)51-63(87(7,8)9)52-70(84)57-30-19-14-20-31-57)79-53-64(88(10,11)12)54-81-83(79)90(74)75-48-58(40-47-80(75)93-81)66-37-27-38-68-67-36-25-26-39-73(67)89(82(66)68,59-32-21-15-22-33-59)60-34-23-16-24-35-60/h13-55H,1-12H3. The van der Waals surface area contributed by atoms with Gasteiger partial charge in [-0.25, -0.2) is 0 Å². The van der Waals surface area contributed by atoms with Crippen LogP contribution >= 0.6 is 0 Å². The molecule has 0 spiro atoms. The summed E-state index contributed by atoms with van der Waals surface area (Å²) in [6, 6.07) is 99.4. The van der Waals surface area contributed by atoms with Crippen LogP contribution in [0.25, 0.3) is 72.0 Å². The Hall–Kier alpha value is -9.90. The van der Waals surface area contributed by atoms with E-state index in [4.69, 9.17) is 4.74 Å². The Labute approximate surface area is 550 Å². The molecule has 3 nitrogen and oxygen atoms in total. The Balaban J connectivity index is 1.02. The first-order valence-electron chi connectivity index (χ1n) is 33.3. The van der Waals surface area contributed by atoms with Gasteiger partial charge in [0.15, 0.2) is 0 Å². The number of fused-ring (bicyclic) bond motifs is 10. The summed E-state index contributed by atoms with van der Waals surface area (Å²) in [7, 11) is 0. The van der Waals surface area contributed by atoms with Crippen molar-refractivity contribution in [2.24, 2.45) is 0 Å². The van der Waals surface area contributed by atoms with Gasteiger partial charge in [0.2, 0.25) is 0 Å². The van der Waals surface area contributed by atoms with Crippen molar-refractivity contribution in [2.75, 3.05) is 4.90 Å². The molecule has 0 saturated heterocycles. The first kappa shape index (κ1) is 58.2. The van der Waals surface area contributed by atoms with E-state index >= 15 is 0 Å². The molecule has 0 fully saturated rings. The zero-order valence-corrected chi connectivity index (χ0v) is 55.7. The van der Waals surface area contributed by atoms with E-state index in [1.165, 1.54) is 105 Å². The molecule has 0 amide bonds. The van der Waals surface area contributed by atoms with Crippen molar-refractivity contribution in [2.45, 2.75) is 110 Å². The number of rotatable bonds is 7. The van der Waals surface area contributed by atoms with Crippen molar-refractivity contribution in [3.05, 3.63) is 305 Å². The molecule has 1 aromatic heterocycles. The maximum atomic E-state index is 7.58. The summed E-state index contributed by atoms with van der Waals surface area (Å²) in [5.41, 5.74) is 29.1. The second-order valence-corrected chi connectivity index (χ2v) is 30.5. The molecule has 3 heterocycles. The maximum Gasteiger partial charge on any atom is 0.256 e. The van der Waals surface area contributed by atoms with Gasteiger partial charge in [0.05, 0.1) is 22.1 Å². The third kappa shape index (κ3) is 9.22. The summed E-state index contributed by atoms with van der Waals surface area (Å²) in [5, 5.41) is 2.53. The molecule has 12 aromatic carbocycles. The number of hydrogen-bond donors (Lipinski definition) is 0. The van der Waals surface area contributed by atoms with E-state index in [2.05, 4.69) is 353 Å². The highest BCUT2D eigenvalue weighted by atomic mass is 16.5. The molecule has 454 valence electrons. The molecule has 1 aliphatic carbocycles. The summed E-state index contributed by atoms with van der Waals surface area (Å²) < 4.78 is 10.1. The van der Waals surface area contributed by atoms with Gasteiger partial charge < -0.3 is 14.2 Å². The minimum atomic E-state index is -0.597. The lowest BCUT2D eigenvalue weighted by Crippen LogP contribution is -2.59. The van der Waals surface area contributed by atoms with Gasteiger partial charge in [-0.15, -0.1) is 0 Å². The molecule has 0 N–H and O–H groups in total. The van der Waals surface area contributed by atoms with Gasteiger partial charge in [-0.3, -0.25) is 0 Å². The van der Waals surface area contributed by atoms with Crippen LogP contribution in [0.5, 0.6) is 11.5 Å². The smallest absolute Gasteiger partial charge is 0.256 e. The molecule has 13 aromatic rings. The van der Waals surface area contributed by atoms with Crippen molar-refractivity contribution in [1.29, 1.82) is 0 Å². The van der Waals surface area contributed by atoms with Crippen LogP contribution in [0.2, 0.25) is 0 Å². The maximum absolute atomic E-state index is 7.58. The van der Waals surface area contributed by atoms with E-state index in [-0.39, 0.29) is 28.4 Å². The molecular weight excluding hydrogens is 1120 g/mol. The Bertz CT molecular complexity index is 4970. The third-order valence-electron chi connectivity index (χ3n) is 20.5. The SMILES string of the molecule is CC(C)(C)c1cc(-c2ccccc2)c(N2c3cc(-n4c5ccc(C(C)(C)C)cc5c5cc(C(C)(C)C)ccc54)ccc3B3c4cc(-c5cccc6c5C(c5ccccc5)(c5ccccc5)c5ccccc5-6)ccc4Oc4cc(C(C)(C)C)cc2c43)c(-c2ccccc2)c1. The van der Waals surface area contributed by atoms with E-state index in [1.807, 2.05) is 0 Å². The van der Waals surface area contributed by atoms with Crippen molar-refractivity contribution in [1.82, 2.24) is 4.57 Å². The van der Waals surface area contributed by atoms with Crippen LogP contribution in [0.1, 0.15) is 128 Å². The minimum absolute atomic E-state index is 0.0392. The molecule has 0 radical (unpaired) electrons. The molecule has 3 aliphatic rings. The van der Waals surface area contributed by atoms with E-state index in [1.54, 1.807) is 0 Å². The molecule has 4 heteroatoms. The zero-order chi connectivity index (χ0) is 64.1. The second kappa shape index (κ2) is 21.1. The summed E-state index contributed by atoms with van der Waals surface area (Å²) in [5.74, 6) is 1.77. The predicted octanol–water partition coefficient (Wildman–Crippen LogP) is 21.7. The fourth-order valence-electron chi connectivity index (χ4n) is 15.7.